The van der Waals surface area contributed by atoms with Gasteiger partial charge in [0.25, 0.3) is 0 Å². The number of carboxylic acid groups (broad SMARTS) is 2. The molecule has 0 saturated carbocycles. The first-order valence-corrected chi connectivity index (χ1v) is 6.18. The Bertz CT molecular complexity index is 245. The van der Waals surface area contributed by atoms with Crippen molar-refractivity contribution in [2.24, 2.45) is 5.92 Å². The van der Waals surface area contributed by atoms with E-state index in [1.54, 1.807) is 0 Å². The third kappa shape index (κ3) is 7.00. The summed E-state index contributed by atoms with van der Waals surface area (Å²) >= 11 is 8.23. The zero-order chi connectivity index (χ0) is 12.7. The molecule has 3 atom stereocenters. The van der Waals surface area contributed by atoms with Crippen molar-refractivity contribution in [3.63, 3.8) is 0 Å². The van der Waals surface area contributed by atoms with Crippen LogP contribution in [0.3, 0.4) is 0 Å². The lowest BCUT2D eigenvalue weighted by atomic mass is 9.99. The highest BCUT2D eigenvalue weighted by Crippen LogP contribution is 2.20. The van der Waals surface area contributed by atoms with Crippen LogP contribution >= 0.6 is 25.3 Å². The molecule has 4 nitrogen and oxygen atoms in total. The third-order valence-electron chi connectivity index (χ3n) is 2.42. The molecule has 0 heterocycles. The molecule has 0 amide bonds. The second-order valence-electron chi connectivity index (χ2n) is 3.93. The summed E-state index contributed by atoms with van der Waals surface area (Å²) in [7, 11) is 0. The van der Waals surface area contributed by atoms with Crippen molar-refractivity contribution in [3.8, 4) is 0 Å². The van der Waals surface area contributed by atoms with Crippen molar-refractivity contribution in [1.82, 2.24) is 0 Å². The molecule has 0 radical (unpaired) electrons. The number of aliphatic carboxylic acids is 2. The summed E-state index contributed by atoms with van der Waals surface area (Å²) in [6.07, 6.45) is 1.98. The van der Waals surface area contributed by atoms with Gasteiger partial charge in [-0.2, -0.15) is 25.3 Å². The number of thiol groups is 2. The van der Waals surface area contributed by atoms with Crippen molar-refractivity contribution < 1.29 is 19.8 Å². The monoisotopic (exact) mass is 266 g/mol. The topological polar surface area (TPSA) is 74.6 Å². The number of carboxylic acids is 2. The Morgan fingerprint density at radius 3 is 2.19 bits per heavy atom. The van der Waals surface area contributed by atoms with E-state index in [4.69, 9.17) is 10.2 Å². The van der Waals surface area contributed by atoms with Crippen LogP contribution in [0.2, 0.25) is 0 Å². The number of rotatable bonds is 8. The van der Waals surface area contributed by atoms with Crippen LogP contribution in [0.5, 0.6) is 0 Å². The van der Waals surface area contributed by atoms with Crippen LogP contribution in [-0.2, 0) is 9.59 Å². The molecule has 0 aromatic rings. The van der Waals surface area contributed by atoms with Crippen LogP contribution in [0, 0.1) is 5.92 Å². The average Bonchev–Trinajstić information content (AvgIpc) is 2.15. The largest absolute Gasteiger partial charge is 0.481 e. The van der Waals surface area contributed by atoms with Gasteiger partial charge in [0, 0.05) is 11.7 Å². The van der Waals surface area contributed by atoms with E-state index in [1.165, 1.54) is 0 Å². The number of carbonyl (C=O) groups is 2. The highest BCUT2D eigenvalue weighted by atomic mass is 32.1. The second kappa shape index (κ2) is 7.84. The Morgan fingerprint density at radius 1 is 1.19 bits per heavy atom. The highest BCUT2D eigenvalue weighted by Gasteiger charge is 2.17. The molecule has 3 unspecified atom stereocenters. The Balaban J connectivity index is 3.76. The first-order chi connectivity index (χ1) is 7.34. The Labute approximate surface area is 106 Å². The van der Waals surface area contributed by atoms with Gasteiger partial charge in [0.1, 0.15) is 0 Å². The summed E-state index contributed by atoms with van der Waals surface area (Å²) < 4.78 is 0. The molecule has 0 fully saturated rings. The predicted molar refractivity (Wildman–Crippen MR) is 68.5 cm³/mol. The van der Waals surface area contributed by atoms with E-state index < -0.39 is 17.2 Å². The average molecular weight is 266 g/mol. The van der Waals surface area contributed by atoms with Crippen LogP contribution in [0.25, 0.3) is 0 Å². The summed E-state index contributed by atoms with van der Waals surface area (Å²) in [5.74, 6) is -1.76. The Hall–Kier alpha value is -0.360. The summed E-state index contributed by atoms with van der Waals surface area (Å²) in [6, 6.07) is 0. The molecule has 0 spiro atoms. The maximum atomic E-state index is 10.5. The molecule has 16 heavy (non-hydrogen) atoms. The lowest BCUT2D eigenvalue weighted by Crippen LogP contribution is -2.17. The van der Waals surface area contributed by atoms with Gasteiger partial charge in [0.2, 0.25) is 0 Å². The fourth-order valence-electron chi connectivity index (χ4n) is 1.34. The van der Waals surface area contributed by atoms with Crippen LogP contribution in [0.1, 0.15) is 32.6 Å². The molecule has 6 heteroatoms. The molecule has 0 bridgehead atoms. The van der Waals surface area contributed by atoms with E-state index in [-0.39, 0.29) is 17.6 Å². The second-order valence-corrected chi connectivity index (χ2v) is 5.21. The first-order valence-electron chi connectivity index (χ1n) is 5.15. The van der Waals surface area contributed by atoms with Gasteiger partial charge in [-0.3, -0.25) is 9.59 Å². The summed E-state index contributed by atoms with van der Waals surface area (Å²) in [5.41, 5.74) is 0. The van der Waals surface area contributed by atoms with Gasteiger partial charge in [0.15, 0.2) is 0 Å². The molecule has 0 aromatic carbocycles. The molecular formula is C10H18O4S2. The van der Waals surface area contributed by atoms with Crippen LogP contribution in [-0.4, -0.2) is 32.7 Å². The van der Waals surface area contributed by atoms with E-state index in [2.05, 4.69) is 25.3 Å². The SMILES string of the molecule is CC(CC(=O)O)C(S)CCCC(S)C(=O)O. The van der Waals surface area contributed by atoms with Gasteiger partial charge in [-0.1, -0.05) is 13.3 Å². The molecule has 0 saturated heterocycles. The van der Waals surface area contributed by atoms with Crippen LogP contribution in [0.4, 0.5) is 0 Å². The van der Waals surface area contributed by atoms with Crippen molar-refractivity contribution >= 4 is 37.2 Å². The Morgan fingerprint density at radius 2 is 1.75 bits per heavy atom. The maximum Gasteiger partial charge on any atom is 0.316 e. The van der Waals surface area contributed by atoms with Gasteiger partial charge < -0.3 is 10.2 Å². The summed E-state index contributed by atoms with van der Waals surface area (Å²) in [4.78, 5) is 20.9. The minimum atomic E-state index is -0.919. The van der Waals surface area contributed by atoms with Gasteiger partial charge in [0.05, 0.1) is 5.25 Å². The minimum Gasteiger partial charge on any atom is -0.481 e. The molecule has 0 rings (SSSR count). The van der Waals surface area contributed by atoms with Crippen LogP contribution < -0.4 is 0 Å². The highest BCUT2D eigenvalue weighted by molar-refractivity contribution is 7.81. The van der Waals surface area contributed by atoms with Gasteiger partial charge in [-0.05, 0) is 18.8 Å². The fraction of sp³-hybridized carbons (Fsp3) is 0.800. The Kier molecular flexibility index (Phi) is 7.66. The van der Waals surface area contributed by atoms with Gasteiger partial charge in [-0.25, -0.2) is 0 Å². The zero-order valence-electron chi connectivity index (χ0n) is 9.17. The number of hydrogen-bond acceptors (Lipinski definition) is 4. The van der Waals surface area contributed by atoms with E-state index in [0.717, 1.165) is 0 Å². The van der Waals surface area contributed by atoms with E-state index in [0.29, 0.717) is 19.3 Å². The third-order valence-corrected chi connectivity index (χ3v) is 3.66. The lowest BCUT2D eigenvalue weighted by Gasteiger charge is -2.17. The molecule has 2 N–H and O–H groups in total. The molecule has 0 aromatic heterocycles. The molecule has 0 aliphatic rings. The minimum absolute atomic E-state index is 0.00886. The maximum absolute atomic E-state index is 10.5. The quantitative estimate of drug-likeness (QED) is 0.507. The van der Waals surface area contributed by atoms with Crippen molar-refractivity contribution in [1.29, 1.82) is 0 Å². The van der Waals surface area contributed by atoms with E-state index >= 15 is 0 Å². The number of hydrogen-bond donors (Lipinski definition) is 4. The van der Waals surface area contributed by atoms with Crippen molar-refractivity contribution in [2.45, 2.75) is 43.1 Å². The van der Waals surface area contributed by atoms with E-state index in [1.807, 2.05) is 6.92 Å². The standard InChI is InChI=1S/C10H18O4S2/c1-6(5-9(11)12)7(15)3-2-4-8(16)10(13)14/h6-8,15-16H,2-5H2,1H3,(H,11,12)(H,13,14). The molecule has 0 aliphatic carbocycles. The predicted octanol–water partition coefficient (Wildman–Crippen LogP) is 1.95. The zero-order valence-corrected chi connectivity index (χ0v) is 11.0. The molecule has 94 valence electrons. The molecule has 0 aliphatic heterocycles. The first kappa shape index (κ1) is 15.6. The fourth-order valence-corrected chi connectivity index (χ4v) is 1.81. The van der Waals surface area contributed by atoms with Crippen molar-refractivity contribution in [2.75, 3.05) is 0 Å². The van der Waals surface area contributed by atoms with Gasteiger partial charge in [-0.15, -0.1) is 0 Å². The van der Waals surface area contributed by atoms with Crippen molar-refractivity contribution in [3.05, 3.63) is 0 Å². The normalized spacial score (nSPS) is 16.4. The smallest absolute Gasteiger partial charge is 0.316 e. The summed E-state index contributed by atoms with van der Waals surface area (Å²) in [6.45, 7) is 1.83. The lowest BCUT2D eigenvalue weighted by molar-refractivity contribution is -0.138. The van der Waals surface area contributed by atoms with E-state index in [9.17, 15) is 9.59 Å². The van der Waals surface area contributed by atoms with Gasteiger partial charge >= 0.3 is 11.9 Å². The summed E-state index contributed by atoms with van der Waals surface area (Å²) in [5, 5.41) is 16.5. The van der Waals surface area contributed by atoms with Crippen LogP contribution in [0.15, 0.2) is 0 Å². The molecular weight excluding hydrogens is 248 g/mol.